The summed E-state index contributed by atoms with van der Waals surface area (Å²) in [5.41, 5.74) is 0.869. The van der Waals surface area contributed by atoms with Crippen LogP contribution in [0.1, 0.15) is 23.2 Å². The maximum atomic E-state index is 12.9. The van der Waals surface area contributed by atoms with Crippen LogP contribution in [0, 0.1) is 0 Å². The van der Waals surface area contributed by atoms with Crippen molar-refractivity contribution in [2.24, 2.45) is 0 Å². The molecule has 5 nitrogen and oxygen atoms in total. The van der Waals surface area contributed by atoms with E-state index in [0.29, 0.717) is 11.3 Å². The van der Waals surface area contributed by atoms with Crippen molar-refractivity contribution in [3.63, 3.8) is 0 Å². The number of hydrazine groups is 1. The minimum absolute atomic E-state index is 0.121. The van der Waals surface area contributed by atoms with Crippen LogP contribution in [0.3, 0.4) is 0 Å². The highest BCUT2D eigenvalue weighted by Crippen LogP contribution is 2.25. The van der Waals surface area contributed by atoms with Gasteiger partial charge in [-0.15, -0.1) is 0 Å². The summed E-state index contributed by atoms with van der Waals surface area (Å²) in [5, 5.41) is 2.10. The number of benzene rings is 2. The Bertz CT molecular complexity index is 743. The molecule has 0 saturated carbocycles. The number of rotatable bonds is 3. The summed E-state index contributed by atoms with van der Waals surface area (Å²) < 4.78 is 0.841. The number of para-hydroxylation sites is 1. The first-order valence-corrected chi connectivity index (χ1v) is 7.88. The van der Waals surface area contributed by atoms with Crippen LogP contribution >= 0.6 is 15.9 Å². The molecule has 2 aromatic carbocycles. The fraction of sp³-hybridized carbons (Fsp3) is 0.118. The van der Waals surface area contributed by atoms with Gasteiger partial charge < -0.3 is 0 Å². The molecule has 0 atom stereocenters. The molecule has 0 radical (unpaired) electrons. The molecule has 0 spiro atoms. The largest absolute Gasteiger partial charge is 0.277 e. The van der Waals surface area contributed by atoms with Crippen molar-refractivity contribution in [3.05, 3.63) is 64.6 Å². The van der Waals surface area contributed by atoms with Crippen molar-refractivity contribution in [1.82, 2.24) is 5.01 Å². The van der Waals surface area contributed by atoms with Crippen molar-refractivity contribution in [2.45, 2.75) is 12.8 Å². The second kappa shape index (κ2) is 6.34. The van der Waals surface area contributed by atoms with E-state index in [9.17, 15) is 14.4 Å². The van der Waals surface area contributed by atoms with Gasteiger partial charge in [0.15, 0.2) is 0 Å². The topological polar surface area (TPSA) is 57.7 Å². The summed E-state index contributed by atoms with van der Waals surface area (Å²) in [6.45, 7) is 0. The number of anilines is 1. The van der Waals surface area contributed by atoms with E-state index < -0.39 is 5.91 Å². The molecule has 0 aliphatic carbocycles. The zero-order chi connectivity index (χ0) is 16.4. The zero-order valence-corrected chi connectivity index (χ0v) is 13.7. The van der Waals surface area contributed by atoms with Crippen LogP contribution in [-0.2, 0) is 9.59 Å². The van der Waals surface area contributed by atoms with E-state index in [1.165, 1.54) is 0 Å². The maximum Gasteiger partial charge on any atom is 0.277 e. The molecule has 0 aromatic heterocycles. The summed E-state index contributed by atoms with van der Waals surface area (Å²) in [6, 6.07) is 15.5. The van der Waals surface area contributed by atoms with E-state index in [1.807, 2.05) is 0 Å². The van der Waals surface area contributed by atoms with Crippen molar-refractivity contribution < 1.29 is 14.4 Å². The van der Waals surface area contributed by atoms with Gasteiger partial charge in [0.1, 0.15) is 0 Å². The molecule has 1 aliphatic heterocycles. The lowest BCUT2D eigenvalue weighted by Gasteiger charge is -2.30. The molecule has 3 amide bonds. The van der Waals surface area contributed by atoms with Crippen LogP contribution in [0.25, 0.3) is 0 Å². The average molecular weight is 373 g/mol. The second-order valence-electron chi connectivity index (χ2n) is 5.06. The van der Waals surface area contributed by atoms with Crippen molar-refractivity contribution in [1.29, 1.82) is 0 Å². The molecular weight excluding hydrogens is 360 g/mol. The minimum Gasteiger partial charge on any atom is -0.272 e. The molecule has 1 heterocycles. The first-order valence-electron chi connectivity index (χ1n) is 7.08. The Morgan fingerprint density at radius 1 is 0.913 bits per heavy atom. The van der Waals surface area contributed by atoms with Crippen molar-refractivity contribution >= 4 is 39.3 Å². The minimum atomic E-state index is -0.424. The van der Waals surface area contributed by atoms with Crippen LogP contribution in [0.4, 0.5) is 5.69 Å². The Hall–Kier alpha value is -2.47. The van der Waals surface area contributed by atoms with E-state index in [4.69, 9.17) is 0 Å². The van der Waals surface area contributed by atoms with Crippen molar-refractivity contribution in [2.75, 3.05) is 5.01 Å². The van der Waals surface area contributed by atoms with Crippen LogP contribution in [0.2, 0.25) is 0 Å². The van der Waals surface area contributed by atoms with E-state index >= 15 is 0 Å². The SMILES string of the molecule is O=C1CCC(=O)N1N(C(=O)c1ccc(Br)cc1)c1ccccc1. The number of amides is 3. The predicted molar refractivity (Wildman–Crippen MR) is 88.5 cm³/mol. The van der Waals surface area contributed by atoms with Crippen LogP contribution in [0.15, 0.2) is 59.1 Å². The molecule has 1 saturated heterocycles. The normalized spacial score (nSPS) is 14.2. The Kier molecular flexibility index (Phi) is 4.25. The Morgan fingerprint density at radius 2 is 1.48 bits per heavy atom. The molecule has 23 heavy (non-hydrogen) atoms. The van der Waals surface area contributed by atoms with Gasteiger partial charge in [-0.2, -0.15) is 5.01 Å². The smallest absolute Gasteiger partial charge is 0.272 e. The Balaban J connectivity index is 2.05. The van der Waals surface area contributed by atoms with Crippen LogP contribution in [0.5, 0.6) is 0 Å². The number of hydrogen-bond acceptors (Lipinski definition) is 3. The Labute approximate surface area is 141 Å². The molecule has 1 fully saturated rings. The van der Waals surface area contributed by atoms with Crippen LogP contribution < -0.4 is 5.01 Å². The third-order valence-electron chi connectivity index (χ3n) is 3.51. The first-order chi connectivity index (χ1) is 11.1. The molecule has 3 rings (SSSR count). The number of hydrogen-bond donors (Lipinski definition) is 0. The van der Waals surface area contributed by atoms with Gasteiger partial charge >= 0.3 is 0 Å². The standard InChI is InChI=1S/C17H13BrN2O3/c18-13-8-6-12(7-9-13)17(23)19(14-4-2-1-3-5-14)20-15(21)10-11-16(20)22/h1-9H,10-11H2. The van der Waals surface area contributed by atoms with Crippen molar-refractivity contribution in [3.8, 4) is 0 Å². The lowest BCUT2D eigenvalue weighted by molar-refractivity contribution is -0.138. The van der Waals surface area contributed by atoms with Gasteiger partial charge in [0.05, 0.1) is 5.69 Å². The lowest BCUT2D eigenvalue weighted by Crippen LogP contribution is -2.49. The summed E-state index contributed by atoms with van der Waals surface area (Å²) in [6.07, 6.45) is 0.242. The van der Waals surface area contributed by atoms with Gasteiger partial charge in [0.25, 0.3) is 5.91 Å². The van der Waals surface area contributed by atoms with Gasteiger partial charge in [0, 0.05) is 22.9 Å². The van der Waals surface area contributed by atoms with Gasteiger partial charge in [-0.1, -0.05) is 34.1 Å². The third kappa shape index (κ3) is 3.03. The highest BCUT2D eigenvalue weighted by molar-refractivity contribution is 9.10. The summed E-state index contributed by atoms with van der Waals surface area (Å²) in [5.74, 6) is -1.17. The van der Waals surface area contributed by atoms with Gasteiger partial charge in [-0.05, 0) is 36.4 Å². The van der Waals surface area contributed by atoms with Crippen LogP contribution in [-0.4, -0.2) is 22.7 Å². The summed E-state index contributed by atoms with van der Waals surface area (Å²) in [7, 11) is 0. The molecular formula is C17H13BrN2O3. The molecule has 1 aliphatic rings. The number of imide groups is 1. The average Bonchev–Trinajstić information content (AvgIpc) is 2.89. The van der Waals surface area contributed by atoms with Gasteiger partial charge in [-0.3, -0.25) is 14.4 Å². The monoisotopic (exact) mass is 372 g/mol. The first kappa shape index (κ1) is 15.4. The molecule has 0 N–H and O–H groups in total. The van der Waals surface area contributed by atoms with E-state index in [1.54, 1.807) is 54.6 Å². The summed E-state index contributed by atoms with van der Waals surface area (Å²) in [4.78, 5) is 37.1. The molecule has 2 aromatic rings. The van der Waals surface area contributed by atoms with E-state index in [-0.39, 0.29) is 24.7 Å². The molecule has 116 valence electrons. The zero-order valence-electron chi connectivity index (χ0n) is 12.1. The van der Waals surface area contributed by atoms with E-state index in [0.717, 1.165) is 14.5 Å². The fourth-order valence-electron chi connectivity index (χ4n) is 2.40. The third-order valence-corrected chi connectivity index (χ3v) is 4.04. The second-order valence-corrected chi connectivity index (χ2v) is 5.97. The fourth-order valence-corrected chi connectivity index (χ4v) is 2.66. The number of carbonyl (C=O) groups is 3. The van der Waals surface area contributed by atoms with Gasteiger partial charge in [-0.25, -0.2) is 5.01 Å². The quantitative estimate of drug-likeness (QED) is 0.777. The number of carbonyl (C=O) groups excluding carboxylic acids is 3. The highest BCUT2D eigenvalue weighted by atomic mass is 79.9. The van der Waals surface area contributed by atoms with Gasteiger partial charge in [0.2, 0.25) is 11.8 Å². The predicted octanol–water partition coefficient (Wildman–Crippen LogP) is 3.16. The maximum absolute atomic E-state index is 12.9. The molecule has 0 unspecified atom stereocenters. The van der Waals surface area contributed by atoms with E-state index in [2.05, 4.69) is 15.9 Å². The molecule has 6 heteroatoms. The number of nitrogens with zero attached hydrogens (tertiary/aromatic N) is 2. The lowest BCUT2D eigenvalue weighted by atomic mass is 10.2. The Morgan fingerprint density at radius 3 is 2.04 bits per heavy atom. The molecule has 0 bridgehead atoms. The highest BCUT2D eigenvalue weighted by Gasteiger charge is 2.37. The number of halogens is 1. The summed E-state index contributed by atoms with van der Waals surface area (Å²) >= 11 is 3.32.